The van der Waals surface area contributed by atoms with Gasteiger partial charge in [-0.2, -0.15) is 0 Å². The van der Waals surface area contributed by atoms with Crippen molar-refractivity contribution < 1.29 is 4.79 Å². The van der Waals surface area contributed by atoms with Crippen molar-refractivity contribution in [2.45, 2.75) is 26.7 Å². The number of alkyl halides is 1. The molecular formula is C13H19BrN2O. The number of halogens is 1. The predicted octanol–water partition coefficient (Wildman–Crippen LogP) is 3.03. The zero-order valence-corrected chi connectivity index (χ0v) is 12.0. The maximum absolute atomic E-state index is 12.3. The quantitative estimate of drug-likeness (QED) is 0.757. The Labute approximate surface area is 111 Å². The van der Waals surface area contributed by atoms with Crippen molar-refractivity contribution in [1.29, 1.82) is 0 Å². The van der Waals surface area contributed by atoms with E-state index in [0.717, 1.165) is 37.0 Å². The molecule has 0 radical (unpaired) electrons. The molecule has 0 aliphatic heterocycles. The summed E-state index contributed by atoms with van der Waals surface area (Å²) in [5.74, 6) is 0.0866. The van der Waals surface area contributed by atoms with Crippen molar-refractivity contribution in [1.82, 2.24) is 9.88 Å². The molecule has 3 nitrogen and oxygen atoms in total. The van der Waals surface area contributed by atoms with Crippen LogP contribution >= 0.6 is 15.9 Å². The first kappa shape index (κ1) is 14.2. The van der Waals surface area contributed by atoms with Gasteiger partial charge in [-0.15, -0.1) is 0 Å². The molecule has 94 valence electrons. The van der Waals surface area contributed by atoms with Crippen LogP contribution in [0.4, 0.5) is 0 Å². The van der Waals surface area contributed by atoms with Gasteiger partial charge in [-0.1, -0.05) is 29.3 Å². The maximum atomic E-state index is 12.3. The van der Waals surface area contributed by atoms with Crippen molar-refractivity contribution in [2.75, 3.05) is 18.4 Å². The number of aromatic nitrogens is 1. The number of rotatable bonds is 6. The van der Waals surface area contributed by atoms with Crippen molar-refractivity contribution in [3.8, 4) is 0 Å². The number of pyridine rings is 1. The second-order valence-corrected chi connectivity index (χ2v) is 4.76. The highest BCUT2D eigenvalue weighted by Crippen LogP contribution is 2.09. The highest BCUT2D eigenvalue weighted by atomic mass is 79.9. The molecule has 0 bridgehead atoms. The molecule has 0 aliphatic rings. The molecule has 17 heavy (non-hydrogen) atoms. The fourth-order valence-electron chi connectivity index (χ4n) is 1.65. The largest absolute Gasteiger partial charge is 0.338 e. The number of nitrogens with zero attached hydrogens (tertiary/aromatic N) is 2. The van der Waals surface area contributed by atoms with E-state index < -0.39 is 0 Å². The Hall–Kier alpha value is -0.900. The number of hydrogen-bond acceptors (Lipinski definition) is 2. The van der Waals surface area contributed by atoms with Crippen LogP contribution in [-0.2, 0) is 0 Å². The van der Waals surface area contributed by atoms with Crippen LogP contribution in [0, 0.1) is 6.92 Å². The smallest absolute Gasteiger partial charge is 0.255 e. The number of unbranched alkanes of at least 4 members (excludes halogenated alkanes) is 1. The minimum absolute atomic E-state index is 0.0866. The Bertz CT molecular complexity index is 368. The van der Waals surface area contributed by atoms with Gasteiger partial charge < -0.3 is 4.90 Å². The van der Waals surface area contributed by atoms with E-state index in [9.17, 15) is 4.79 Å². The molecule has 1 aromatic rings. The number of carbonyl (C=O) groups excluding carboxylic acids is 1. The molecular weight excluding hydrogens is 280 g/mol. The third kappa shape index (κ3) is 4.11. The summed E-state index contributed by atoms with van der Waals surface area (Å²) in [5, 5.41) is 0.807. The molecule has 0 spiro atoms. The standard InChI is InChI=1S/C13H19BrN2O/c1-3-4-9-16(10-7-14)13(17)12-6-5-8-15-11(12)2/h5-6,8H,3-4,7,9-10H2,1-2H3. The summed E-state index contributed by atoms with van der Waals surface area (Å²) in [6.45, 7) is 5.56. The maximum Gasteiger partial charge on any atom is 0.255 e. The first-order chi connectivity index (χ1) is 8.20. The monoisotopic (exact) mass is 298 g/mol. The third-order valence-corrected chi connectivity index (χ3v) is 3.02. The number of aryl methyl sites for hydroxylation is 1. The summed E-state index contributed by atoms with van der Waals surface area (Å²) in [7, 11) is 0. The molecule has 0 fully saturated rings. The summed E-state index contributed by atoms with van der Waals surface area (Å²) in [4.78, 5) is 18.4. The predicted molar refractivity (Wildman–Crippen MR) is 73.6 cm³/mol. The highest BCUT2D eigenvalue weighted by Gasteiger charge is 2.16. The summed E-state index contributed by atoms with van der Waals surface area (Å²) in [6.07, 6.45) is 3.85. The topological polar surface area (TPSA) is 33.2 Å². The van der Waals surface area contributed by atoms with E-state index in [2.05, 4.69) is 27.8 Å². The molecule has 0 atom stereocenters. The van der Waals surface area contributed by atoms with E-state index in [1.807, 2.05) is 24.0 Å². The van der Waals surface area contributed by atoms with E-state index >= 15 is 0 Å². The summed E-state index contributed by atoms with van der Waals surface area (Å²) >= 11 is 3.39. The van der Waals surface area contributed by atoms with E-state index in [0.29, 0.717) is 5.56 Å². The minimum Gasteiger partial charge on any atom is -0.338 e. The van der Waals surface area contributed by atoms with Gasteiger partial charge in [-0.25, -0.2) is 0 Å². The van der Waals surface area contributed by atoms with Gasteiger partial charge in [0, 0.05) is 30.3 Å². The Morgan fingerprint density at radius 2 is 2.24 bits per heavy atom. The normalized spacial score (nSPS) is 10.3. The van der Waals surface area contributed by atoms with Gasteiger partial charge in [0.1, 0.15) is 0 Å². The van der Waals surface area contributed by atoms with Crippen LogP contribution in [-0.4, -0.2) is 34.2 Å². The average Bonchev–Trinajstić information content (AvgIpc) is 2.34. The lowest BCUT2D eigenvalue weighted by Gasteiger charge is -2.22. The number of carbonyl (C=O) groups is 1. The zero-order valence-electron chi connectivity index (χ0n) is 10.4. The molecule has 0 aliphatic carbocycles. The fourth-order valence-corrected chi connectivity index (χ4v) is 2.07. The fraction of sp³-hybridized carbons (Fsp3) is 0.538. The first-order valence-electron chi connectivity index (χ1n) is 5.97. The number of amides is 1. The van der Waals surface area contributed by atoms with E-state index in [4.69, 9.17) is 0 Å². The number of hydrogen-bond donors (Lipinski definition) is 0. The van der Waals surface area contributed by atoms with Crippen LogP contribution < -0.4 is 0 Å². The SMILES string of the molecule is CCCCN(CCBr)C(=O)c1cccnc1C. The van der Waals surface area contributed by atoms with Gasteiger partial charge in [0.05, 0.1) is 5.56 Å². The highest BCUT2D eigenvalue weighted by molar-refractivity contribution is 9.09. The Morgan fingerprint density at radius 3 is 2.82 bits per heavy atom. The summed E-state index contributed by atoms with van der Waals surface area (Å²) < 4.78 is 0. The molecule has 0 unspecified atom stereocenters. The Morgan fingerprint density at radius 1 is 1.47 bits per heavy atom. The Kier molecular flexibility index (Phi) is 6.19. The van der Waals surface area contributed by atoms with E-state index in [1.165, 1.54) is 0 Å². The van der Waals surface area contributed by atoms with Gasteiger partial charge in [-0.3, -0.25) is 9.78 Å². The molecule has 1 aromatic heterocycles. The lowest BCUT2D eigenvalue weighted by molar-refractivity contribution is 0.0763. The van der Waals surface area contributed by atoms with Crippen LogP contribution in [0.15, 0.2) is 18.3 Å². The van der Waals surface area contributed by atoms with Crippen molar-refractivity contribution in [3.05, 3.63) is 29.6 Å². The molecule has 1 heterocycles. The van der Waals surface area contributed by atoms with Gasteiger partial charge >= 0.3 is 0 Å². The lowest BCUT2D eigenvalue weighted by atomic mass is 10.1. The molecule has 0 aromatic carbocycles. The van der Waals surface area contributed by atoms with Crippen LogP contribution in [0.5, 0.6) is 0 Å². The molecule has 0 N–H and O–H groups in total. The van der Waals surface area contributed by atoms with Crippen LogP contribution in [0.3, 0.4) is 0 Å². The zero-order chi connectivity index (χ0) is 12.7. The van der Waals surface area contributed by atoms with Crippen molar-refractivity contribution in [3.63, 3.8) is 0 Å². The second kappa shape index (κ2) is 7.43. The van der Waals surface area contributed by atoms with Crippen LogP contribution in [0.1, 0.15) is 35.8 Å². The van der Waals surface area contributed by atoms with E-state index in [-0.39, 0.29) is 5.91 Å². The lowest BCUT2D eigenvalue weighted by Crippen LogP contribution is -2.34. The molecule has 4 heteroatoms. The summed E-state index contributed by atoms with van der Waals surface area (Å²) in [6, 6.07) is 3.66. The second-order valence-electron chi connectivity index (χ2n) is 3.97. The molecule has 1 rings (SSSR count). The van der Waals surface area contributed by atoms with Crippen LogP contribution in [0.2, 0.25) is 0 Å². The molecule has 0 saturated carbocycles. The van der Waals surface area contributed by atoms with Crippen molar-refractivity contribution >= 4 is 21.8 Å². The van der Waals surface area contributed by atoms with Crippen molar-refractivity contribution in [2.24, 2.45) is 0 Å². The Balaban J connectivity index is 2.80. The molecule has 1 amide bonds. The minimum atomic E-state index is 0.0866. The van der Waals surface area contributed by atoms with Gasteiger partial charge in [0.2, 0.25) is 0 Å². The van der Waals surface area contributed by atoms with Crippen LogP contribution in [0.25, 0.3) is 0 Å². The van der Waals surface area contributed by atoms with E-state index in [1.54, 1.807) is 6.20 Å². The average molecular weight is 299 g/mol. The van der Waals surface area contributed by atoms with Gasteiger partial charge in [-0.05, 0) is 25.5 Å². The summed E-state index contributed by atoms with van der Waals surface area (Å²) in [5.41, 5.74) is 1.51. The molecule has 0 saturated heterocycles. The first-order valence-corrected chi connectivity index (χ1v) is 7.09. The van der Waals surface area contributed by atoms with Gasteiger partial charge in [0.25, 0.3) is 5.91 Å². The third-order valence-electron chi connectivity index (χ3n) is 2.66. The van der Waals surface area contributed by atoms with Gasteiger partial charge in [0.15, 0.2) is 0 Å².